The van der Waals surface area contributed by atoms with Crippen LogP contribution >= 0.6 is 23.2 Å². The quantitative estimate of drug-likeness (QED) is 0.439. The van der Waals surface area contributed by atoms with Crippen molar-refractivity contribution in [2.45, 2.75) is 0 Å². The van der Waals surface area contributed by atoms with Crippen LogP contribution in [0.25, 0.3) is 6.08 Å². The fraction of sp³-hybridized carbons (Fsp3) is 0.222. The molecule has 1 aliphatic heterocycles. The summed E-state index contributed by atoms with van der Waals surface area (Å²) in [6.45, 7) is 2.35. The summed E-state index contributed by atoms with van der Waals surface area (Å²) < 4.78 is 0. The third-order valence-corrected chi connectivity index (χ3v) is 4.81. The van der Waals surface area contributed by atoms with E-state index in [1.165, 1.54) is 18.3 Å². The van der Waals surface area contributed by atoms with Gasteiger partial charge in [0.2, 0.25) is 5.91 Å². The number of pyridine rings is 1. The maximum atomic E-state index is 12.4. The average molecular weight is 407 g/mol. The number of anilines is 1. The number of amides is 1. The van der Waals surface area contributed by atoms with Gasteiger partial charge in [0, 0.05) is 48.4 Å². The second-order valence-electron chi connectivity index (χ2n) is 5.94. The molecule has 9 heteroatoms. The van der Waals surface area contributed by atoms with Crippen LogP contribution in [0.3, 0.4) is 0 Å². The van der Waals surface area contributed by atoms with Crippen LogP contribution in [0.4, 0.5) is 11.5 Å². The second-order valence-corrected chi connectivity index (χ2v) is 6.79. The highest BCUT2D eigenvalue weighted by molar-refractivity contribution is 6.35. The number of piperazine rings is 1. The first-order valence-corrected chi connectivity index (χ1v) is 8.97. The number of hydrogen-bond donors (Lipinski definition) is 0. The number of carbonyl (C=O) groups excluding carboxylic acids is 1. The molecule has 0 bridgehead atoms. The van der Waals surface area contributed by atoms with Gasteiger partial charge in [-0.2, -0.15) is 0 Å². The summed E-state index contributed by atoms with van der Waals surface area (Å²) in [5, 5.41) is 11.7. The Balaban J connectivity index is 1.57. The molecular weight excluding hydrogens is 391 g/mol. The van der Waals surface area contributed by atoms with Gasteiger partial charge in [-0.05, 0) is 39.7 Å². The minimum Gasteiger partial charge on any atom is -0.365 e. The molecule has 1 amide bonds. The van der Waals surface area contributed by atoms with Crippen molar-refractivity contribution in [3.8, 4) is 0 Å². The van der Waals surface area contributed by atoms with E-state index in [0.29, 0.717) is 36.2 Å². The fourth-order valence-corrected chi connectivity index (χ4v) is 3.23. The molecule has 1 aromatic carbocycles. The highest BCUT2D eigenvalue weighted by Gasteiger charge is 2.21. The number of aromatic nitrogens is 1. The third kappa shape index (κ3) is 4.75. The Morgan fingerprint density at radius 2 is 1.89 bits per heavy atom. The van der Waals surface area contributed by atoms with Crippen molar-refractivity contribution in [1.82, 2.24) is 9.88 Å². The molecule has 1 aliphatic rings. The molecule has 0 radical (unpaired) electrons. The second kappa shape index (κ2) is 8.37. The Morgan fingerprint density at radius 1 is 1.15 bits per heavy atom. The first-order chi connectivity index (χ1) is 12.9. The first kappa shape index (κ1) is 19.1. The molecule has 0 unspecified atom stereocenters. The number of halogens is 2. The fourth-order valence-electron chi connectivity index (χ4n) is 2.76. The number of benzene rings is 1. The lowest BCUT2D eigenvalue weighted by atomic mass is 10.2. The van der Waals surface area contributed by atoms with Crippen LogP contribution in [0.15, 0.2) is 42.6 Å². The largest absolute Gasteiger partial charge is 0.365 e. The van der Waals surface area contributed by atoms with Crippen LogP contribution in [-0.4, -0.2) is 46.9 Å². The van der Waals surface area contributed by atoms with Crippen LogP contribution in [0.2, 0.25) is 10.0 Å². The minimum absolute atomic E-state index is 0.0949. The Bertz CT molecular complexity index is 879. The van der Waals surface area contributed by atoms with Gasteiger partial charge in [0.15, 0.2) is 6.20 Å². The average Bonchev–Trinajstić information content (AvgIpc) is 2.67. The summed E-state index contributed by atoms with van der Waals surface area (Å²) in [6, 6.07) is 8.16. The first-order valence-electron chi connectivity index (χ1n) is 8.21. The standard InChI is InChI=1S/C18H16Cl2N4O3/c19-14-3-1-13(16(20)11-14)2-6-18(25)23-9-7-22(8-10-23)15-4-5-17(21-12-15)24(26)27/h1-6,11-12H,7-10H2/b6-2+. The van der Waals surface area contributed by atoms with Gasteiger partial charge < -0.3 is 19.9 Å². The Morgan fingerprint density at radius 3 is 2.48 bits per heavy atom. The van der Waals surface area contributed by atoms with Crippen LogP contribution in [0.1, 0.15) is 5.56 Å². The number of nitrogens with zero attached hydrogens (tertiary/aromatic N) is 4. The van der Waals surface area contributed by atoms with Gasteiger partial charge in [-0.15, -0.1) is 0 Å². The van der Waals surface area contributed by atoms with Crippen LogP contribution in [-0.2, 0) is 4.79 Å². The van der Waals surface area contributed by atoms with Crippen LogP contribution in [0.5, 0.6) is 0 Å². The molecule has 27 heavy (non-hydrogen) atoms. The number of nitro groups is 1. The zero-order valence-corrected chi connectivity index (χ0v) is 15.7. The lowest BCUT2D eigenvalue weighted by molar-refractivity contribution is -0.389. The van der Waals surface area contributed by atoms with E-state index in [0.717, 1.165) is 11.3 Å². The molecule has 7 nitrogen and oxygen atoms in total. The van der Waals surface area contributed by atoms with Gasteiger partial charge in [-0.3, -0.25) is 4.79 Å². The molecule has 0 N–H and O–H groups in total. The van der Waals surface area contributed by atoms with Crippen molar-refractivity contribution in [1.29, 1.82) is 0 Å². The van der Waals surface area contributed by atoms with E-state index >= 15 is 0 Å². The number of hydrogen-bond acceptors (Lipinski definition) is 5. The molecule has 0 aliphatic carbocycles. The van der Waals surface area contributed by atoms with Gasteiger partial charge in [0.05, 0.1) is 5.69 Å². The molecular formula is C18H16Cl2N4O3. The molecule has 0 spiro atoms. The molecule has 2 aromatic rings. The van der Waals surface area contributed by atoms with E-state index in [-0.39, 0.29) is 11.7 Å². The number of rotatable bonds is 4. The van der Waals surface area contributed by atoms with E-state index in [1.54, 1.807) is 35.2 Å². The van der Waals surface area contributed by atoms with Gasteiger partial charge in [0.1, 0.15) is 0 Å². The molecule has 1 aromatic heterocycles. The highest BCUT2D eigenvalue weighted by atomic mass is 35.5. The van der Waals surface area contributed by atoms with Crippen molar-refractivity contribution in [2.24, 2.45) is 0 Å². The summed E-state index contributed by atoms with van der Waals surface area (Å²) in [5.41, 5.74) is 1.53. The topological polar surface area (TPSA) is 79.6 Å². The predicted octanol–water partition coefficient (Wildman–Crippen LogP) is 3.66. The van der Waals surface area contributed by atoms with E-state index < -0.39 is 4.92 Å². The lowest BCUT2D eigenvalue weighted by Crippen LogP contribution is -2.48. The van der Waals surface area contributed by atoms with Crippen molar-refractivity contribution in [2.75, 3.05) is 31.1 Å². The summed E-state index contributed by atoms with van der Waals surface area (Å²) >= 11 is 12.0. The highest BCUT2D eigenvalue weighted by Crippen LogP contribution is 2.22. The van der Waals surface area contributed by atoms with Crippen molar-refractivity contribution in [3.63, 3.8) is 0 Å². The van der Waals surface area contributed by atoms with Gasteiger partial charge in [0.25, 0.3) is 0 Å². The van der Waals surface area contributed by atoms with Crippen molar-refractivity contribution >= 4 is 46.7 Å². The van der Waals surface area contributed by atoms with E-state index in [1.807, 2.05) is 4.90 Å². The van der Waals surface area contributed by atoms with Gasteiger partial charge in [-0.1, -0.05) is 29.3 Å². The molecule has 0 saturated carbocycles. The van der Waals surface area contributed by atoms with Gasteiger partial charge in [-0.25, -0.2) is 0 Å². The van der Waals surface area contributed by atoms with E-state index in [4.69, 9.17) is 23.2 Å². The van der Waals surface area contributed by atoms with Crippen molar-refractivity contribution < 1.29 is 9.72 Å². The van der Waals surface area contributed by atoms with Crippen LogP contribution in [0, 0.1) is 10.1 Å². The Hall–Kier alpha value is -2.64. The lowest BCUT2D eigenvalue weighted by Gasteiger charge is -2.35. The monoisotopic (exact) mass is 406 g/mol. The van der Waals surface area contributed by atoms with E-state index in [9.17, 15) is 14.9 Å². The molecule has 140 valence electrons. The van der Waals surface area contributed by atoms with Crippen LogP contribution < -0.4 is 4.90 Å². The molecule has 1 saturated heterocycles. The predicted molar refractivity (Wildman–Crippen MR) is 105 cm³/mol. The zero-order chi connectivity index (χ0) is 19.4. The minimum atomic E-state index is -0.528. The maximum absolute atomic E-state index is 12.4. The molecule has 3 rings (SSSR count). The normalized spacial score (nSPS) is 14.6. The van der Waals surface area contributed by atoms with Gasteiger partial charge >= 0.3 is 5.82 Å². The Kier molecular flexibility index (Phi) is 5.93. The van der Waals surface area contributed by atoms with E-state index in [2.05, 4.69) is 4.98 Å². The zero-order valence-electron chi connectivity index (χ0n) is 14.2. The summed E-state index contributed by atoms with van der Waals surface area (Å²) in [4.78, 5) is 30.1. The summed E-state index contributed by atoms with van der Waals surface area (Å²) in [6.07, 6.45) is 4.66. The maximum Gasteiger partial charge on any atom is 0.363 e. The third-order valence-electron chi connectivity index (χ3n) is 4.24. The molecule has 2 heterocycles. The number of carbonyl (C=O) groups is 1. The Labute approximate surface area is 166 Å². The molecule has 0 atom stereocenters. The van der Waals surface area contributed by atoms with Crippen molar-refractivity contribution in [3.05, 3.63) is 68.3 Å². The SMILES string of the molecule is O=C(/C=C/c1ccc(Cl)cc1Cl)N1CCN(c2ccc([N+](=O)[O-])nc2)CC1. The molecule has 1 fully saturated rings. The smallest absolute Gasteiger partial charge is 0.363 e. The summed E-state index contributed by atoms with van der Waals surface area (Å²) in [5.74, 6) is -0.277. The summed E-state index contributed by atoms with van der Waals surface area (Å²) in [7, 11) is 0.